The number of nitrogens with one attached hydrogen (secondary N) is 1. The summed E-state index contributed by atoms with van der Waals surface area (Å²) in [6.45, 7) is 3.66. The van der Waals surface area contributed by atoms with Crippen LogP contribution in [0.5, 0.6) is 5.75 Å². The van der Waals surface area contributed by atoms with Crippen molar-refractivity contribution < 1.29 is 14.3 Å². The highest BCUT2D eigenvalue weighted by Gasteiger charge is 2.42. The van der Waals surface area contributed by atoms with Gasteiger partial charge in [-0.25, -0.2) is 0 Å². The lowest BCUT2D eigenvalue weighted by Gasteiger charge is -2.28. The molecule has 2 aliphatic carbocycles. The number of carbonyl (C=O) groups excluding carboxylic acids is 2. The summed E-state index contributed by atoms with van der Waals surface area (Å²) in [5, 5.41) is 3.09. The second-order valence-corrected chi connectivity index (χ2v) is 7.06. The number of benzene rings is 1. The zero-order valence-corrected chi connectivity index (χ0v) is 13.9. The molecule has 1 amide bonds. The minimum absolute atomic E-state index is 0.0184. The Kier molecular flexibility index (Phi) is 4.69. The maximum absolute atomic E-state index is 12.1. The van der Waals surface area contributed by atoms with Crippen molar-refractivity contribution >= 4 is 11.7 Å². The number of ether oxygens (including phenoxy) is 1. The van der Waals surface area contributed by atoms with Gasteiger partial charge < -0.3 is 10.1 Å². The molecule has 0 radical (unpaired) electrons. The summed E-state index contributed by atoms with van der Waals surface area (Å²) < 4.78 is 5.50. The molecule has 2 bridgehead atoms. The highest BCUT2D eigenvalue weighted by molar-refractivity contribution is 5.94. The molecule has 4 heteroatoms. The number of fused-ring (bicyclic) bond motifs is 2. The van der Waals surface area contributed by atoms with E-state index >= 15 is 0 Å². The fraction of sp³-hybridized carbons (Fsp3) is 0.579. The van der Waals surface area contributed by atoms with E-state index in [2.05, 4.69) is 12.2 Å². The molecule has 0 aliphatic heterocycles. The van der Waals surface area contributed by atoms with Crippen molar-refractivity contribution in [2.45, 2.75) is 45.6 Å². The van der Waals surface area contributed by atoms with E-state index in [0.717, 1.165) is 11.8 Å². The Morgan fingerprint density at radius 1 is 1.22 bits per heavy atom. The molecule has 1 N–H and O–H groups in total. The first kappa shape index (κ1) is 16.0. The first-order valence-corrected chi connectivity index (χ1v) is 8.56. The predicted molar refractivity (Wildman–Crippen MR) is 88.5 cm³/mol. The average molecular weight is 315 g/mol. The van der Waals surface area contributed by atoms with E-state index in [1.165, 1.54) is 32.6 Å². The summed E-state index contributed by atoms with van der Waals surface area (Å²) in [7, 11) is 0. The van der Waals surface area contributed by atoms with Gasteiger partial charge in [0.05, 0.1) is 0 Å². The van der Waals surface area contributed by atoms with Crippen LogP contribution in [0.3, 0.4) is 0 Å². The lowest BCUT2D eigenvalue weighted by molar-refractivity contribution is -0.124. The van der Waals surface area contributed by atoms with Gasteiger partial charge in [-0.3, -0.25) is 9.59 Å². The van der Waals surface area contributed by atoms with Gasteiger partial charge in [-0.05, 0) is 75.1 Å². The Morgan fingerprint density at radius 3 is 2.52 bits per heavy atom. The van der Waals surface area contributed by atoms with Crippen LogP contribution in [0.15, 0.2) is 24.3 Å². The van der Waals surface area contributed by atoms with Crippen LogP contribution in [0.25, 0.3) is 0 Å². The number of Topliss-reactive ketones (excluding diaryl/α,β-unsaturated/α-hetero) is 1. The Hall–Kier alpha value is -1.84. The van der Waals surface area contributed by atoms with Crippen LogP contribution in [-0.2, 0) is 4.79 Å². The summed E-state index contributed by atoms with van der Waals surface area (Å²) in [5.41, 5.74) is 0.645. The molecule has 0 spiro atoms. The second kappa shape index (κ2) is 6.73. The molecule has 1 aromatic rings. The van der Waals surface area contributed by atoms with E-state index in [4.69, 9.17) is 4.74 Å². The third kappa shape index (κ3) is 3.74. The van der Waals surface area contributed by atoms with E-state index in [9.17, 15) is 9.59 Å². The molecular weight excluding hydrogens is 290 g/mol. The zero-order chi connectivity index (χ0) is 16.4. The van der Waals surface area contributed by atoms with Crippen LogP contribution in [0.1, 0.15) is 49.9 Å². The topological polar surface area (TPSA) is 55.4 Å². The number of hydrogen-bond acceptors (Lipinski definition) is 3. The van der Waals surface area contributed by atoms with Crippen molar-refractivity contribution in [1.29, 1.82) is 0 Å². The van der Waals surface area contributed by atoms with Gasteiger partial charge >= 0.3 is 0 Å². The molecule has 0 aromatic heterocycles. The van der Waals surface area contributed by atoms with Crippen LogP contribution >= 0.6 is 0 Å². The predicted octanol–water partition coefficient (Wildman–Crippen LogP) is 3.21. The van der Waals surface area contributed by atoms with Gasteiger partial charge in [-0.15, -0.1) is 0 Å². The number of rotatable bonds is 6. The molecule has 4 nitrogen and oxygen atoms in total. The lowest BCUT2D eigenvalue weighted by Crippen LogP contribution is -2.42. The average Bonchev–Trinajstić information content (AvgIpc) is 3.16. The van der Waals surface area contributed by atoms with Crippen LogP contribution in [0, 0.1) is 17.8 Å². The van der Waals surface area contributed by atoms with E-state index in [0.29, 0.717) is 17.2 Å². The smallest absolute Gasteiger partial charge is 0.258 e. The molecule has 0 saturated heterocycles. The number of ketones is 1. The van der Waals surface area contributed by atoms with Gasteiger partial charge in [0.1, 0.15) is 5.75 Å². The molecule has 2 fully saturated rings. The molecule has 2 aliphatic rings. The summed E-state index contributed by atoms with van der Waals surface area (Å²) in [5.74, 6) is 2.88. The van der Waals surface area contributed by atoms with E-state index in [1.807, 2.05) is 0 Å². The van der Waals surface area contributed by atoms with Gasteiger partial charge in [0.2, 0.25) is 0 Å². The third-order valence-electron chi connectivity index (χ3n) is 5.45. The third-order valence-corrected chi connectivity index (χ3v) is 5.45. The highest BCUT2D eigenvalue weighted by atomic mass is 16.5. The summed E-state index contributed by atoms with van der Waals surface area (Å²) >= 11 is 0. The van der Waals surface area contributed by atoms with Gasteiger partial charge in [0.25, 0.3) is 5.91 Å². The Bertz CT molecular complexity index is 581. The minimum Gasteiger partial charge on any atom is -0.484 e. The number of amides is 1. The normalized spacial score (nSPS) is 26.8. The molecule has 1 aromatic carbocycles. The number of hydrogen-bond donors (Lipinski definition) is 1. The first-order valence-electron chi connectivity index (χ1n) is 8.56. The molecule has 0 unspecified atom stereocenters. The van der Waals surface area contributed by atoms with Gasteiger partial charge in [-0.2, -0.15) is 0 Å². The lowest BCUT2D eigenvalue weighted by atomic mass is 9.84. The molecule has 0 heterocycles. The highest BCUT2D eigenvalue weighted by Crippen LogP contribution is 2.49. The van der Waals surface area contributed by atoms with Crippen molar-refractivity contribution in [3.05, 3.63) is 29.8 Å². The SMILES string of the molecule is CC(=O)c1ccc(OCC(=O)N[C@@H](C)[C@H]2C[C@H]3CC[C@H]2C3)cc1. The number of carbonyl (C=O) groups is 2. The van der Waals surface area contributed by atoms with E-state index in [1.54, 1.807) is 24.3 Å². The Morgan fingerprint density at radius 2 is 1.96 bits per heavy atom. The summed E-state index contributed by atoms with van der Waals surface area (Å²) in [6.07, 6.45) is 5.32. The monoisotopic (exact) mass is 315 g/mol. The quantitative estimate of drug-likeness (QED) is 0.820. The molecule has 23 heavy (non-hydrogen) atoms. The first-order chi connectivity index (χ1) is 11.0. The van der Waals surface area contributed by atoms with Gasteiger partial charge in [0, 0.05) is 11.6 Å². The van der Waals surface area contributed by atoms with Crippen molar-refractivity contribution in [3.63, 3.8) is 0 Å². The van der Waals surface area contributed by atoms with E-state index < -0.39 is 0 Å². The maximum atomic E-state index is 12.1. The second-order valence-electron chi connectivity index (χ2n) is 7.06. The van der Waals surface area contributed by atoms with Gasteiger partial charge in [-0.1, -0.05) is 6.42 Å². The largest absolute Gasteiger partial charge is 0.484 e. The Labute approximate surface area is 137 Å². The van der Waals surface area contributed by atoms with Crippen molar-refractivity contribution in [2.24, 2.45) is 17.8 Å². The summed E-state index contributed by atoms with van der Waals surface area (Å²) in [6, 6.07) is 7.11. The van der Waals surface area contributed by atoms with E-state index in [-0.39, 0.29) is 24.3 Å². The summed E-state index contributed by atoms with van der Waals surface area (Å²) in [4.78, 5) is 23.3. The van der Waals surface area contributed by atoms with Crippen molar-refractivity contribution in [1.82, 2.24) is 5.32 Å². The van der Waals surface area contributed by atoms with Crippen LogP contribution in [0.2, 0.25) is 0 Å². The maximum Gasteiger partial charge on any atom is 0.258 e. The molecule has 3 rings (SSSR count). The minimum atomic E-state index is -0.0732. The van der Waals surface area contributed by atoms with Crippen molar-refractivity contribution in [2.75, 3.05) is 6.61 Å². The van der Waals surface area contributed by atoms with Crippen LogP contribution < -0.4 is 10.1 Å². The zero-order valence-electron chi connectivity index (χ0n) is 13.9. The molecule has 4 atom stereocenters. The van der Waals surface area contributed by atoms with Gasteiger partial charge in [0.15, 0.2) is 12.4 Å². The Balaban J connectivity index is 1.45. The fourth-order valence-corrected chi connectivity index (χ4v) is 4.24. The van der Waals surface area contributed by atoms with Crippen LogP contribution in [-0.4, -0.2) is 24.3 Å². The fourth-order valence-electron chi connectivity index (χ4n) is 4.24. The molecular formula is C19H25NO3. The molecule has 124 valence electrons. The molecule has 2 saturated carbocycles. The standard InChI is InChI=1S/C19H25NO3/c1-12(18-10-14-3-4-16(18)9-14)20-19(22)11-23-17-7-5-15(6-8-17)13(2)21/h5-8,12,14,16,18H,3-4,9-11H2,1-2H3,(H,20,22)/t12-,14-,16-,18+/m0/s1. The van der Waals surface area contributed by atoms with Crippen molar-refractivity contribution in [3.8, 4) is 5.75 Å². The van der Waals surface area contributed by atoms with Crippen LogP contribution in [0.4, 0.5) is 0 Å².